The molecule has 0 saturated heterocycles. The van der Waals surface area contributed by atoms with Gasteiger partial charge in [0.1, 0.15) is 6.04 Å². The Balaban J connectivity index is 1.94. The number of rotatable bonds is 7. The lowest BCUT2D eigenvalue weighted by atomic mass is 10.1. The maximum Gasteiger partial charge on any atom is 0.326 e. The van der Waals surface area contributed by atoms with E-state index in [1.165, 1.54) is 10.6 Å². The van der Waals surface area contributed by atoms with Crippen LogP contribution in [0.4, 0.5) is 0 Å². The Morgan fingerprint density at radius 1 is 1.17 bits per heavy atom. The fraction of sp³-hybridized carbons (Fsp3) is 0.278. The normalized spacial score (nSPS) is 11.7. The first-order valence-corrected chi connectivity index (χ1v) is 7.69. The lowest BCUT2D eigenvalue weighted by molar-refractivity contribution is -0.141. The van der Waals surface area contributed by atoms with E-state index in [-0.39, 0.29) is 24.9 Å². The van der Waals surface area contributed by atoms with Crippen LogP contribution in [0.15, 0.2) is 53.5 Å². The average Bonchev–Trinajstić information content (AvgIpc) is 2.56. The number of carbonyl (C=O) groups is 2. The number of carboxylic acid groups (broad SMARTS) is 1. The summed E-state index contributed by atoms with van der Waals surface area (Å²) in [5.74, 6) is -1.48. The Bertz CT molecular complexity index is 768. The molecule has 2 N–H and O–H groups in total. The number of carbonyl (C=O) groups excluding carboxylic acids is 1. The van der Waals surface area contributed by atoms with Crippen LogP contribution in [0.2, 0.25) is 0 Å². The quantitative estimate of drug-likeness (QED) is 0.803. The molecule has 0 aliphatic rings. The number of aliphatic carboxylic acids is 1. The second-order valence-electron chi connectivity index (χ2n) is 5.64. The van der Waals surface area contributed by atoms with E-state index in [0.717, 1.165) is 11.1 Å². The van der Waals surface area contributed by atoms with Crippen LogP contribution in [-0.4, -0.2) is 27.6 Å². The van der Waals surface area contributed by atoms with E-state index in [2.05, 4.69) is 5.32 Å². The van der Waals surface area contributed by atoms with Crippen LogP contribution in [0, 0.1) is 6.92 Å². The Morgan fingerprint density at radius 2 is 1.88 bits per heavy atom. The molecule has 2 aromatic rings. The zero-order chi connectivity index (χ0) is 17.5. The Kier molecular flexibility index (Phi) is 5.89. The summed E-state index contributed by atoms with van der Waals surface area (Å²) in [7, 11) is 0. The number of aryl methyl sites for hydroxylation is 2. The molecule has 2 rings (SSSR count). The number of pyridine rings is 1. The molecule has 1 amide bonds. The molecule has 0 saturated carbocycles. The van der Waals surface area contributed by atoms with Crippen LogP contribution in [0.5, 0.6) is 0 Å². The highest BCUT2D eigenvalue weighted by Gasteiger charge is 2.20. The Morgan fingerprint density at radius 3 is 2.54 bits per heavy atom. The molecule has 126 valence electrons. The lowest BCUT2D eigenvalue weighted by Gasteiger charge is -2.15. The lowest BCUT2D eigenvalue weighted by Crippen LogP contribution is -2.42. The summed E-state index contributed by atoms with van der Waals surface area (Å²) in [6, 6.07) is 11.3. The summed E-state index contributed by atoms with van der Waals surface area (Å²) in [4.78, 5) is 35.1. The highest BCUT2D eigenvalue weighted by Crippen LogP contribution is 2.04. The van der Waals surface area contributed by atoms with E-state index in [9.17, 15) is 19.5 Å². The molecule has 0 radical (unpaired) electrons. The van der Waals surface area contributed by atoms with Crippen LogP contribution in [-0.2, 0) is 22.6 Å². The van der Waals surface area contributed by atoms with Gasteiger partial charge in [-0.1, -0.05) is 36.4 Å². The molecule has 1 aromatic heterocycles. The van der Waals surface area contributed by atoms with Gasteiger partial charge in [-0.15, -0.1) is 0 Å². The van der Waals surface area contributed by atoms with Crippen molar-refractivity contribution in [3.8, 4) is 0 Å². The standard InChI is InChI=1S/C18H20N2O4/c1-13-7-8-17(22)20(12-13)10-9-16(21)19-15(18(23)24)11-14-5-3-2-4-6-14/h2-8,12,15H,9-11H2,1H3,(H,19,21)(H,23,24). The number of carboxylic acids is 1. The van der Waals surface area contributed by atoms with Crippen molar-refractivity contribution < 1.29 is 14.7 Å². The van der Waals surface area contributed by atoms with Gasteiger partial charge in [0.2, 0.25) is 5.91 Å². The number of nitrogens with zero attached hydrogens (tertiary/aromatic N) is 1. The first kappa shape index (κ1) is 17.5. The number of hydrogen-bond donors (Lipinski definition) is 2. The first-order valence-electron chi connectivity index (χ1n) is 7.69. The molecule has 1 aromatic carbocycles. The van der Waals surface area contributed by atoms with Gasteiger partial charge in [0, 0.05) is 31.6 Å². The number of amides is 1. The molecule has 0 spiro atoms. The van der Waals surface area contributed by atoms with Gasteiger partial charge in [-0.25, -0.2) is 4.79 Å². The average molecular weight is 328 g/mol. The molecule has 24 heavy (non-hydrogen) atoms. The Hall–Kier alpha value is -2.89. The third kappa shape index (κ3) is 5.08. The second kappa shape index (κ2) is 8.10. The summed E-state index contributed by atoms with van der Waals surface area (Å²) in [6.07, 6.45) is 1.93. The van der Waals surface area contributed by atoms with Gasteiger partial charge in [-0.3, -0.25) is 9.59 Å². The van der Waals surface area contributed by atoms with Gasteiger partial charge >= 0.3 is 5.97 Å². The molecular formula is C18H20N2O4. The third-order valence-corrected chi connectivity index (χ3v) is 3.63. The molecule has 1 unspecified atom stereocenters. The van der Waals surface area contributed by atoms with E-state index in [4.69, 9.17) is 0 Å². The summed E-state index contributed by atoms with van der Waals surface area (Å²) < 4.78 is 1.45. The molecule has 6 nitrogen and oxygen atoms in total. The maximum atomic E-state index is 12.0. The van der Waals surface area contributed by atoms with Crippen LogP contribution in [0.3, 0.4) is 0 Å². The van der Waals surface area contributed by atoms with E-state index >= 15 is 0 Å². The molecule has 0 aliphatic carbocycles. The van der Waals surface area contributed by atoms with Crippen LogP contribution < -0.4 is 10.9 Å². The monoisotopic (exact) mass is 328 g/mol. The summed E-state index contributed by atoms with van der Waals surface area (Å²) >= 11 is 0. The van der Waals surface area contributed by atoms with Crippen molar-refractivity contribution in [1.82, 2.24) is 9.88 Å². The van der Waals surface area contributed by atoms with Gasteiger partial charge in [-0.05, 0) is 18.1 Å². The van der Waals surface area contributed by atoms with Crippen molar-refractivity contribution in [1.29, 1.82) is 0 Å². The van der Waals surface area contributed by atoms with Crippen molar-refractivity contribution in [2.45, 2.75) is 32.4 Å². The zero-order valence-electron chi connectivity index (χ0n) is 13.4. The molecule has 6 heteroatoms. The Labute approximate surface area is 139 Å². The summed E-state index contributed by atoms with van der Waals surface area (Å²) in [6.45, 7) is 2.07. The van der Waals surface area contributed by atoms with Crippen molar-refractivity contribution in [3.05, 3.63) is 70.1 Å². The van der Waals surface area contributed by atoms with Crippen molar-refractivity contribution in [2.24, 2.45) is 0 Å². The zero-order valence-corrected chi connectivity index (χ0v) is 13.4. The molecule has 0 aliphatic heterocycles. The van der Waals surface area contributed by atoms with Crippen LogP contribution >= 0.6 is 0 Å². The number of nitrogens with one attached hydrogen (secondary N) is 1. The summed E-state index contributed by atoms with van der Waals surface area (Å²) in [5.41, 5.74) is 1.56. The minimum atomic E-state index is -1.08. The largest absolute Gasteiger partial charge is 0.480 e. The predicted molar refractivity (Wildman–Crippen MR) is 89.8 cm³/mol. The second-order valence-corrected chi connectivity index (χ2v) is 5.64. The highest BCUT2D eigenvalue weighted by molar-refractivity contribution is 5.83. The van der Waals surface area contributed by atoms with Gasteiger partial charge < -0.3 is 15.0 Å². The maximum absolute atomic E-state index is 12.0. The van der Waals surface area contributed by atoms with Crippen molar-refractivity contribution in [2.75, 3.05) is 0 Å². The number of hydrogen-bond acceptors (Lipinski definition) is 3. The van der Waals surface area contributed by atoms with Crippen molar-refractivity contribution >= 4 is 11.9 Å². The molecule has 0 bridgehead atoms. The smallest absolute Gasteiger partial charge is 0.326 e. The van der Waals surface area contributed by atoms with E-state index in [1.807, 2.05) is 37.3 Å². The van der Waals surface area contributed by atoms with Crippen molar-refractivity contribution in [3.63, 3.8) is 0 Å². The number of benzene rings is 1. The van der Waals surface area contributed by atoms with Crippen LogP contribution in [0.25, 0.3) is 0 Å². The molecule has 1 heterocycles. The molecular weight excluding hydrogens is 308 g/mol. The van der Waals surface area contributed by atoms with Gasteiger partial charge in [0.05, 0.1) is 0 Å². The fourth-order valence-corrected chi connectivity index (χ4v) is 2.36. The van der Waals surface area contributed by atoms with E-state index in [1.54, 1.807) is 12.3 Å². The number of aromatic nitrogens is 1. The minimum Gasteiger partial charge on any atom is -0.480 e. The topological polar surface area (TPSA) is 88.4 Å². The van der Waals surface area contributed by atoms with Crippen LogP contribution in [0.1, 0.15) is 17.5 Å². The van der Waals surface area contributed by atoms with Gasteiger partial charge in [-0.2, -0.15) is 0 Å². The van der Waals surface area contributed by atoms with Gasteiger partial charge in [0.25, 0.3) is 5.56 Å². The molecule has 0 fully saturated rings. The SMILES string of the molecule is Cc1ccc(=O)n(CCC(=O)NC(Cc2ccccc2)C(=O)O)c1. The first-order chi connectivity index (χ1) is 11.5. The van der Waals surface area contributed by atoms with Gasteiger partial charge in [0.15, 0.2) is 0 Å². The third-order valence-electron chi connectivity index (χ3n) is 3.63. The van der Waals surface area contributed by atoms with E-state index < -0.39 is 17.9 Å². The highest BCUT2D eigenvalue weighted by atomic mass is 16.4. The molecule has 1 atom stereocenters. The minimum absolute atomic E-state index is 0.0436. The summed E-state index contributed by atoms with van der Waals surface area (Å²) in [5, 5.41) is 11.8. The van der Waals surface area contributed by atoms with E-state index in [0.29, 0.717) is 0 Å². The fourth-order valence-electron chi connectivity index (χ4n) is 2.36. The predicted octanol–water partition coefficient (Wildman–Crippen LogP) is 1.36.